The molecule has 3 atom stereocenters. The van der Waals surface area contributed by atoms with Crippen molar-refractivity contribution in [3.8, 4) is 0 Å². The first-order chi connectivity index (χ1) is 6.42. The third kappa shape index (κ3) is 1.78. The standard InChI is InChI=1S/C13H22/c1-2-10(3-1)4-5-11-6-7-12-9-13(12)8-11/h10-13H,1-9H2. The van der Waals surface area contributed by atoms with Gasteiger partial charge < -0.3 is 0 Å². The van der Waals surface area contributed by atoms with Crippen LogP contribution in [-0.2, 0) is 0 Å². The van der Waals surface area contributed by atoms with Crippen LogP contribution in [0.2, 0.25) is 0 Å². The normalized spacial score (nSPS) is 43.8. The second-order valence-electron chi connectivity index (χ2n) is 5.81. The summed E-state index contributed by atoms with van der Waals surface area (Å²) in [5.41, 5.74) is 0. The quantitative estimate of drug-likeness (QED) is 0.612. The number of fused-ring (bicyclic) bond motifs is 1. The molecule has 0 saturated heterocycles. The van der Waals surface area contributed by atoms with Crippen molar-refractivity contribution >= 4 is 0 Å². The molecule has 13 heavy (non-hydrogen) atoms. The van der Waals surface area contributed by atoms with Crippen LogP contribution in [0.5, 0.6) is 0 Å². The number of hydrogen-bond acceptors (Lipinski definition) is 0. The van der Waals surface area contributed by atoms with Crippen molar-refractivity contribution < 1.29 is 0 Å². The van der Waals surface area contributed by atoms with Crippen LogP contribution < -0.4 is 0 Å². The molecule has 0 amide bonds. The Bertz CT molecular complexity index is 180. The summed E-state index contributed by atoms with van der Waals surface area (Å²) in [5.74, 6) is 4.68. The fourth-order valence-electron chi connectivity index (χ4n) is 3.46. The monoisotopic (exact) mass is 178 g/mol. The average Bonchev–Trinajstić information content (AvgIpc) is 2.79. The van der Waals surface area contributed by atoms with Crippen molar-refractivity contribution in [3.63, 3.8) is 0 Å². The van der Waals surface area contributed by atoms with E-state index >= 15 is 0 Å². The summed E-state index contributed by atoms with van der Waals surface area (Å²) in [6.07, 6.45) is 14.2. The molecule has 0 N–H and O–H groups in total. The molecular weight excluding hydrogens is 156 g/mol. The molecule has 0 nitrogen and oxygen atoms in total. The Hall–Kier alpha value is 0. The van der Waals surface area contributed by atoms with E-state index in [1.54, 1.807) is 51.4 Å². The van der Waals surface area contributed by atoms with Crippen LogP contribution in [0.4, 0.5) is 0 Å². The summed E-state index contributed by atoms with van der Waals surface area (Å²) in [6, 6.07) is 0. The van der Waals surface area contributed by atoms with Gasteiger partial charge >= 0.3 is 0 Å². The van der Waals surface area contributed by atoms with Gasteiger partial charge in [-0.25, -0.2) is 0 Å². The van der Waals surface area contributed by atoms with Crippen molar-refractivity contribution in [1.82, 2.24) is 0 Å². The molecule has 0 spiro atoms. The Balaban J connectivity index is 1.39. The Morgan fingerprint density at radius 3 is 2.23 bits per heavy atom. The molecule has 3 unspecified atom stereocenters. The smallest absolute Gasteiger partial charge is 0.0380 e. The maximum absolute atomic E-state index is 1.61. The van der Waals surface area contributed by atoms with E-state index in [1.165, 1.54) is 18.3 Å². The molecule has 0 radical (unpaired) electrons. The Kier molecular flexibility index (Phi) is 2.11. The molecule has 3 aliphatic rings. The van der Waals surface area contributed by atoms with Gasteiger partial charge in [0, 0.05) is 0 Å². The fourth-order valence-corrected chi connectivity index (χ4v) is 3.46. The van der Waals surface area contributed by atoms with Crippen LogP contribution in [-0.4, -0.2) is 0 Å². The van der Waals surface area contributed by atoms with Crippen molar-refractivity contribution in [2.45, 2.75) is 57.8 Å². The molecular formula is C13H22. The first-order valence-electron chi connectivity index (χ1n) is 6.42. The van der Waals surface area contributed by atoms with Gasteiger partial charge in [0.2, 0.25) is 0 Å². The largest absolute Gasteiger partial charge is 0.0528 e. The van der Waals surface area contributed by atoms with Gasteiger partial charge in [-0.3, -0.25) is 0 Å². The lowest BCUT2D eigenvalue weighted by atomic mass is 9.78. The summed E-state index contributed by atoms with van der Waals surface area (Å²) >= 11 is 0. The molecule has 0 bridgehead atoms. The van der Waals surface area contributed by atoms with Gasteiger partial charge in [-0.05, 0) is 42.9 Å². The Morgan fingerprint density at radius 1 is 0.692 bits per heavy atom. The van der Waals surface area contributed by atoms with Crippen LogP contribution in [0.25, 0.3) is 0 Å². The van der Waals surface area contributed by atoms with E-state index < -0.39 is 0 Å². The summed E-state index contributed by atoms with van der Waals surface area (Å²) in [4.78, 5) is 0. The summed E-state index contributed by atoms with van der Waals surface area (Å²) < 4.78 is 0. The van der Waals surface area contributed by atoms with E-state index in [0.717, 1.165) is 11.8 Å². The molecule has 3 saturated carbocycles. The minimum atomic E-state index is 1.14. The van der Waals surface area contributed by atoms with Gasteiger partial charge in [0.1, 0.15) is 0 Å². The van der Waals surface area contributed by atoms with Crippen molar-refractivity contribution in [2.24, 2.45) is 23.7 Å². The minimum Gasteiger partial charge on any atom is -0.0528 e. The predicted octanol–water partition coefficient (Wildman–Crippen LogP) is 4.00. The molecule has 0 heterocycles. The average molecular weight is 178 g/mol. The van der Waals surface area contributed by atoms with Gasteiger partial charge in [0.15, 0.2) is 0 Å². The topological polar surface area (TPSA) is 0 Å². The van der Waals surface area contributed by atoms with Crippen LogP contribution >= 0.6 is 0 Å². The Labute approximate surface area is 82.1 Å². The van der Waals surface area contributed by atoms with E-state index in [0.29, 0.717) is 0 Å². The summed E-state index contributed by atoms with van der Waals surface area (Å²) in [7, 11) is 0. The molecule has 0 aromatic carbocycles. The second-order valence-corrected chi connectivity index (χ2v) is 5.81. The van der Waals surface area contributed by atoms with Gasteiger partial charge in [0.05, 0.1) is 0 Å². The zero-order chi connectivity index (χ0) is 8.67. The minimum absolute atomic E-state index is 1.14. The molecule has 0 aromatic heterocycles. The maximum atomic E-state index is 1.61. The molecule has 0 aliphatic heterocycles. The highest BCUT2D eigenvalue weighted by Crippen LogP contribution is 2.52. The molecule has 3 aliphatic carbocycles. The predicted molar refractivity (Wildman–Crippen MR) is 55.5 cm³/mol. The number of hydrogen-bond donors (Lipinski definition) is 0. The van der Waals surface area contributed by atoms with E-state index in [9.17, 15) is 0 Å². The lowest BCUT2D eigenvalue weighted by molar-refractivity contribution is 0.242. The molecule has 3 fully saturated rings. The zero-order valence-electron chi connectivity index (χ0n) is 8.67. The van der Waals surface area contributed by atoms with Crippen LogP contribution in [0.15, 0.2) is 0 Å². The second kappa shape index (κ2) is 3.29. The zero-order valence-corrected chi connectivity index (χ0v) is 8.67. The lowest BCUT2D eigenvalue weighted by Gasteiger charge is -2.28. The third-order valence-corrected chi connectivity index (χ3v) is 4.86. The van der Waals surface area contributed by atoms with Crippen molar-refractivity contribution in [1.29, 1.82) is 0 Å². The van der Waals surface area contributed by atoms with E-state index in [2.05, 4.69) is 0 Å². The first kappa shape index (κ1) is 8.32. The fraction of sp³-hybridized carbons (Fsp3) is 1.00. The molecule has 0 heteroatoms. The lowest BCUT2D eigenvalue weighted by Crippen LogP contribution is -2.15. The van der Waals surface area contributed by atoms with Gasteiger partial charge in [-0.15, -0.1) is 0 Å². The summed E-state index contributed by atoms with van der Waals surface area (Å²) in [6.45, 7) is 0. The van der Waals surface area contributed by atoms with E-state index in [4.69, 9.17) is 0 Å². The number of rotatable bonds is 3. The van der Waals surface area contributed by atoms with Crippen LogP contribution in [0, 0.1) is 23.7 Å². The highest BCUT2D eigenvalue weighted by Gasteiger charge is 2.41. The Morgan fingerprint density at radius 2 is 1.54 bits per heavy atom. The maximum Gasteiger partial charge on any atom is -0.0380 e. The highest BCUT2D eigenvalue weighted by molar-refractivity contribution is 4.92. The van der Waals surface area contributed by atoms with Gasteiger partial charge in [0.25, 0.3) is 0 Å². The van der Waals surface area contributed by atoms with Crippen LogP contribution in [0.1, 0.15) is 57.8 Å². The van der Waals surface area contributed by atoms with Crippen molar-refractivity contribution in [3.05, 3.63) is 0 Å². The van der Waals surface area contributed by atoms with Gasteiger partial charge in [-0.2, -0.15) is 0 Å². The first-order valence-corrected chi connectivity index (χ1v) is 6.42. The molecule has 3 rings (SSSR count). The van der Waals surface area contributed by atoms with Crippen molar-refractivity contribution in [2.75, 3.05) is 0 Å². The van der Waals surface area contributed by atoms with E-state index in [1.807, 2.05) is 0 Å². The van der Waals surface area contributed by atoms with E-state index in [-0.39, 0.29) is 0 Å². The summed E-state index contributed by atoms with van der Waals surface area (Å²) in [5, 5.41) is 0. The SMILES string of the molecule is C1CC(CCC2CCC3CC3C2)C1. The third-order valence-electron chi connectivity index (χ3n) is 4.86. The van der Waals surface area contributed by atoms with Gasteiger partial charge in [-0.1, -0.05) is 38.5 Å². The molecule has 74 valence electrons. The van der Waals surface area contributed by atoms with Crippen LogP contribution in [0.3, 0.4) is 0 Å². The molecule has 0 aromatic rings. The highest BCUT2D eigenvalue weighted by atomic mass is 14.5.